The Morgan fingerprint density at radius 2 is 1.81 bits per heavy atom. The van der Waals surface area contributed by atoms with E-state index in [1.165, 1.54) is 4.90 Å². The van der Waals surface area contributed by atoms with Crippen molar-refractivity contribution < 1.29 is 14.4 Å². The summed E-state index contributed by atoms with van der Waals surface area (Å²) >= 11 is 6.21. The van der Waals surface area contributed by atoms with Gasteiger partial charge in [-0.15, -0.1) is 0 Å². The van der Waals surface area contributed by atoms with Crippen molar-refractivity contribution in [1.82, 2.24) is 4.90 Å². The summed E-state index contributed by atoms with van der Waals surface area (Å²) in [5, 5.41) is 3.32. The van der Waals surface area contributed by atoms with Crippen molar-refractivity contribution in [3.63, 3.8) is 0 Å². The maximum absolute atomic E-state index is 12.4. The minimum atomic E-state index is -0.242. The minimum Gasteiger partial charge on any atom is -0.376 e. The van der Waals surface area contributed by atoms with Crippen LogP contribution in [0.15, 0.2) is 18.2 Å². The Balaban J connectivity index is 1.57. The Bertz CT molecular complexity index is 711. The number of amides is 3. The number of nitrogens with zero attached hydrogens (tertiary/aromatic N) is 2. The van der Waals surface area contributed by atoms with Crippen molar-refractivity contribution in [2.24, 2.45) is 11.8 Å². The van der Waals surface area contributed by atoms with E-state index < -0.39 is 0 Å². The molecule has 26 heavy (non-hydrogen) atoms. The highest BCUT2D eigenvalue weighted by molar-refractivity contribution is 6.33. The number of anilines is 2. The van der Waals surface area contributed by atoms with E-state index >= 15 is 0 Å². The fraction of sp³-hybridized carbons (Fsp3) is 0.526. The molecule has 140 valence electrons. The molecule has 0 radical (unpaired) electrons. The molecular formula is C19H24ClN3O3. The second-order valence-electron chi connectivity index (χ2n) is 7.18. The number of benzene rings is 1. The molecule has 7 heteroatoms. The molecule has 2 unspecified atom stereocenters. The van der Waals surface area contributed by atoms with E-state index in [0.29, 0.717) is 10.7 Å². The predicted octanol–water partition coefficient (Wildman–Crippen LogP) is 2.91. The SMILES string of the molecule is CN(C)c1ccc(NC(=O)CCN2C(=O)C3CCCCC3C2=O)cc1Cl. The van der Waals surface area contributed by atoms with Gasteiger partial charge in [0.15, 0.2) is 0 Å². The first kappa shape index (κ1) is 18.7. The zero-order valence-electron chi connectivity index (χ0n) is 15.1. The molecule has 1 aromatic carbocycles. The molecule has 1 aromatic rings. The molecule has 1 aliphatic heterocycles. The molecule has 0 bridgehead atoms. The van der Waals surface area contributed by atoms with Gasteiger partial charge in [-0.2, -0.15) is 0 Å². The van der Waals surface area contributed by atoms with Gasteiger partial charge in [0.2, 0.25) is 17.7 Å². The highest BCUT2D eigenvalue weighted by Crippen LogP contribution is 2.38. The van der Waals surface area contributed by atoms with E-state index in [0.717, 1.165) is 31.4 Å². The van der Waals surface area contributed by atoms with Crippen molar-refractivity contribution in [3.8, 4) is 0 Å². The van der Waals surface area contributed by atoms with Gasteiger partial charge in [0.05, 0.1) is 22.5 Å². The summed E-state index contributed by atoms with van der Waals surface area (Å²) < 4.78 is 0. The average molecular weight is 378 g/mol. The monoisotopic (exact) mass is 377 g/mol. The smallest absolute Gasteiger partial charge is 0.233 e. The van der Waals surface area contributed by atoms with E-state index in [1.807, 2.05) is 25.1 Å². The lowest BCUT2D eigenvalue weighted by molar-refractivity contribution is -0.140. The second-order valence-corrected chi connectivity index (χ2v) is 7.59. The molecule has 1 saturated heterocycles. The Kier molecular flexibility index (Phi) is 5.51. The number of likely N-dealkylation sites (tertiary alicyclic amines) is 1. The van der Waals surface area contributed by atoms with E-state index in [4.69, 9.17) is 11.6 Å². The van der Waals surface area contributed by atoms with Crippen LogP contribution in [0.25, 0.3) is 0 Å². The van der Waals surface area contributed by atoms with E-state index in [9.17, 15) is 14.4 Å². The second kappa shape index (κ2) is 7.66. The number of halogens is 1. The van der Waals surface area contributed by atoms with Gasteiger partial charge in [-0.25, -0.2) is 0 Å². The Labute approximate surface area is 158 Å². The summed E-state index contributed by atoms with van der Waals surface area (Å²) in [7, 11) is 3.78. The number of hydrogen-bond donors (Lipinski definition) is 1. The highest BCUT2D eigenvalue weighted by atomic mass is 35.5. The zero-order valence-corrected chi connectivity index (χ0v) is 15.9. The maximum Gasteiger partial charge on any atom is 0.233 e. The molecular weight excluding hydrogens is 354 g/mol. The molecule has 3 amide bonds. The van der Waals surface area contributed by atoms with Crippen LogP contribution in [0, 0.1) is 11.8 Å². The number of carbonyl (C=O) groups excluding carboxylic acids is 3. The van der Waals surface area contributed by atoms with Gasteiger partial charge in [0.25, 0.3) is 0 Å². The quantitative estimate of drug-likeness (QED) is 0.801. The molecule has 1 saturated carbocycles. The van der Waals surface area contributed by atoms with Crippen molar-refractivity contribution >= 4 is 40.7 Å². The van der Waals surface area contributed by atoms with Gasteiger partial charge < -0.3 is 10.2 Å². The summed E-state index contributed by atoms with van der Waals surface area (Å²) in [4.78, 5) is 40.2. The molecule has 2 atom stereocenters. The van der Waals surface area contributed by atoms with Crippen LogP contribution in [0.4, 0.5) is 11.4 Å². The third kappa shape index (κ3) is 3.70. The van der Waals surface area contributed by atoms with Crippen LogP contribution >= 0.6 is 11.6 Å². The number of hydrogen-bond acceptors (Lipinski definition) is 4. The fourth-order valence-electron chi connectivity index (χ4n) is 3.84. The molecule has 3 rings (SSSR count). The molecule has 0 spiro atoms. The summed E-state index contributed by atoms with van der Waals surface area (Å²) in [6.45, 7) is 0.139. The number of rotatable bonds is 5. The zero-order chi connectivity index (χ0) is 18.8. The summed E-state index contributed by atoms with van der Waals surface area (Å²) in [6.07, 6.45) is 3.66. The third-order valence-corrected chi connectivity index (χ3v) is 5.51. The first-order chi connectivity index (χ1) is 12.4. The van der Waals surface area contributed by atoms with Crippen molar-refractivity contribution in [2.75, 3.05) is 30.9 Å². The Morgan fingerprint density at radius 1 is 1.19 bits per heavy atom. The van der Waals surface area contributed by atoms with Gasteiger partial charge in [-0.05, 0) is 31.0 Å². The van der Waals surface area contributed by atoms with Gasteiger partial charge in [-0.1, -0.05) is 24.4 Å². The van der Waals surface area contributed by atoms with Crippen LogP contribution in [0.1, 0.15) is 32.1 Å². The number of nitrogens with one attached hydrogen (secondary N) is 1. The number of carbonyl (C=O) groups is 3. The highest BCUT2D eigenvalue weighted by Gasteiger charge is 2.47. The molecule has 1 N–H and O–H groups in total. The Hall–Kier alpha value is -2.08. The minimum absolute atomic E-state index is 0.0873. The van der Waals surface area contributed by atoms with E-state index in [2.05, 4.69) is 5.32 Å². The maximum atomic E-state index is 12.4. The van der Waals surface area contributed by atoms with Crippen molar-refractivity contribution in [3.05, 3.63) is 23.2 Å². The van der Waals surface area contributed by atoms with Crippen LogP contribution in [-0.2, 0) is 14.4 Å². The lowest BCUT2D eigenvalue weighted by Crippen LogP contribution is -2.34. The van der Waals surface area contributed by atoms with Gasteiger partial charge in [0, 0.05) is 32.7 Å². The summed E-state index contributed by atoms with van der Waals surface area (Å²) in [5.41, 5.74) is 1.46. The van der Waals surface area contributed by atoms with Gasteiger partial charge in [-0.3, -0.25) is 19.3 Å². The average Bonchev–Trinajstić information content (AvgIpc) is 2.84. The summed E-state index contributed by atoms with van der Waals surface area (Å²) in [6, 6.07) is 5.30. The molecule has 2 fully saturated rings. The largest absolute Gasteiger partial charge is 0.376 e. The number of imide groups is 1. The van der Waals surface area contributed by atoms with Crippen LogP contribution < -0.4 is 10.2 Å². The predicted molar refractivity (Wildman–Crippen MR) is 101 cm³/mol. The molecule has 6 nitrogen and oxygen atoms in total. The lowest BCUT2D eigenvalue weighted by atomic mass is 9.81. The van der Waals surface area contributed by atoms with Crippen LogP contribution in [0.5, 0.6) is 0 Å². The van der Waals surface area contributed by atoms with E-state index in [1.54, 1.807) is 12.1 Å². The topological polar surface area (TPSA) is 69.7 Å². The molecule has 0 aromatic heterocycles. The van der Waals surface area contributed by atoms with Crippen LogP contribution in [0.3, 0.4) is 0 Å². The van der Waals surface area contributed by atoms with Crippen molar-refractivity contribution in [1.29, 1.82) is 0 Å². The standard InChI is InChI=1S/C19H24ClN3O3/c1-22(2)16-8-7-12(11-15(16)20)21-17(24)9-10-23-18(25)13-5-3-4-6-14(13)19(23)26/h7-8,11,13-14H,3-6,9-10H2,1-2H3,(H,21,24). The van der Waals surface area contributed by atoms with Crippen LogP contribution in [0.2, 0.25) is 5.02 Å². The van der Waals surface area contributed by atoms with Crippen molar-refractivity contribution in [2.45, 2.75) is 32.1 Å². The molecule has 1 aliphatic carbocycles. The third-order valence-electron chi connectivity index (χ3n) is 5.21. The first-order valence-corrected chi connectivity index (χ1v) is 9.38. The normalized spacial score (nSPS) is 22.3. The molecule has 2 aliphatic rings. The van der Waals surface area contributed by atoms with Crippen LogP contribution in [-0.4, -0.2) is 43.3 Å². The number of fused-ring (bicyclic) bond motifs is 1. The van der Waals surface area contributed by atoms with Gasteiger partial charge >= 0.3 is 0 Å². The molecule has 1 heterocycles. The lowest BCUT2D eigenvalue weighted by Gasteiger charge is -2.19. The Morgan fingerprint density at radius 3 is 2.35 bits per heavy atom. The summed E-state index contributed by atoms with van der Waals surface area (Å²) in [5.74, 6) is -0.792. The fourth-order valence-corrected chi connectivity index (χ4v) is 4.19. The first-order valence-electron chi connectivity index (χ1n) is 9.00. The van der Waals surface area contributed by atoms with E-state index in [-0.39, 0.29) is 42.5 Å². The van der Waals surface area contributed by atoms with Gasteiger partial charge in [0.1, 0.15) is 0 Å².